The Balaban J connectivity index is 1.83. The molecule has 3 aliphatic rings. The zero-order chi connectivity index (χ0) is 25.6. The van der Waals surface area contributed by atoms with E-state index in [0.717, 1.165) is 0 Å². The predicted molar refractivity (Wildman–Crippen MR) is 127 cm³/mol. The molecule has 2 aliphatic heterocycles. The Morgan fingerprint density at radius 3 is 2.35 bits per heavy atom. The summed E-state index contributed by atoms with van der Waals surface area (Å²) in [6.45, 7) is 12.1. The van der Waals surface area contributed by atoms with E-state index >= 15 is 0 Å². The number of piperidine rings is 1. The molecular formula is C24H37ClN4O5. The highest BCUT2D eigenvalue weighted by atomic mass is 35.5. The van der Waals surface area contributed by atoms with Gasteiger partial charge in [0, 0.05) is 25.9 Å². The van der Waals surface area contributed by atoms with E-state index in [1.54, 1.807) is 4.90 Å². The first kappa shape index (κ1) is 26.4. The Hall–Kier alpha value is -2.16. The lowest BCUT2D eigenvalue weighted by atomic mass is 9.85. The summed E-state index contributed by atoms with van der Waals surface area (Å²) in [5, 5.41) is 8.32. The molecule has 0 radical (unpaired) electrons. The maximum atomic E-state index is 13.6. The molecule has 10 heteroatoms. The van der Waals surface area contributed by atoms with Crippen molar-refractivity contribution in [3.63, 3.8) is 0 Å². The first-order valence-corrected chi connectivity index (χ1v) is 12.5. The van der Waals surface area contributed by atoms with Crippen molar-refractivity contribution in [2.45, 2.75) is 72.5 Å². The van der Waals surface area contributed by atoms with E-state index in [2.05, 4.69) is 29.8 Å². The van der Waals surface area contributed by atoms with Gasteiger partial charge in [-0.3, -0.25) is 24.0 Å². The molecule has 3 N–H and O–H groups in total. The van der Waals surface area contributed by atoms with E-state index in [1.165, 1.54) is 6.92 Å². The van der Waals surface area contributed by atoms with Crippen LogP contribution in [-0.2, 0) is 24.0 Å². The zero-order valence-corrected chi connectivity index (χ0v) is 21.6. The van der Waals surface area contributed by atoms with Gasteiger partial charge in [0.05, 0.1) is 11.9 Å². The number of carbonyl (C=O) groups excluding carboxylic acids is 5. The lowest BCUT2D eigenvalue weighted by Gasteiger charge is -2.37. The standard InChI is InChI=1S/C24H37ClN4O5/c1-12(30)27-19(23(2,3)4)22(34)29-11-14-17(24(14,5)6)18(29)21(33)28-15(16(31)10-25)9-13-7-8-26-20(13)32/h13-15,17-19H,7-11H2,1-6H3,(H,26,32)(H,27,30)(H,28,33)/t13-,14-,15-,17-,18-,19?/m0/s1. The number of nitrogens with one attached hydrogen (secondary N) is 3. The van der Waals surface area contributed by atoms with Crippen molar-refractivity contribution in [2.75, 3.05) is 19.0 Å². The molecule has 2 saturated heterocycles. The van der Waals surface area contributed by atoms with Crippen molar-refractivity contribution < 1.29 is 24.0 Å². The zero-order valence-electron chi connectivity index (χ0n) is 20.9. The molecule has 0 aromatic carbocycles. The first-order valence-electron chi connectivity index (χ1n) is 11.9. The second kappa shape index (κ2) is 9.47. The first-order chi connectivity index (χ1) is 15.7. The number of likely N-dealkylation sites (tertiary alicyclic amines) is 1. The van der Waals surface area contributed by atoms with E-state index in [-0.39, 0.29) is 59.0 Å². The fourth-order valence-corrected chi connectivity index (χ4v) is 5.79. The van der Waals surface area contributed by atoms with Gasteiger partial charge in [-0.1, -0.05) is 34.6 Å². The van der Waals surface area contributed by atoms with Crippen LogP contribution in [0.3, 0.4) is 0 Å². The van der Waals surface area contributed by atoms with Gasteiger partial charge in [-0.15, -0.1) is 11.6 Å². The fourth-order valence-electron chi connectivity index (χ4n) is 5.61. The van der Waals surface area contributed by atoms with Gasteiger partial charge in [0.15, 0.2) is 5.78 Å². The van der Waals surface area contributed by atoms with Gasteiger partial charge in [0.2, 0.25) is 23.6 Å². The minimum atomic E-state index is -0.898. The quantitative estimate of drug-likeness (QED) is 0.429. The molecule has 0 aromatic heterocycles. The molecule has 190 valence electrons. The molecule has 3 rings (SSSR count). The van der Waals surface area contributed by atoms with Crippen molar-refractivity contribution in [1.82, 2.24) is 20.9 Å². The number of Topliss-reactive ketones (excluding diaryl/α,β-unsaturated/α-hetero) is 1. The number of nitrogens with zero attached hydrogens (tertiary/aromatic N) is 1. The van der Waals surface area contributed by atoms with Crippen LogP contribution >= 0.6 is 11.6 Å². The molecular weight excluding hydrogens is 460 g/mol. The molecule has 1 aliphatic carbocycles. The lowest BCUT2D eigenvalue weighted by molar-refractivity contribution is -0.145. The molecule has 4 amide bonds. The Morgan fingerprint density at radius 2 is 1.85 bits per heavy atom. The van der Waals surface area contributed by atoms with E-state index in [4.69, 9.17) is 11.6 Å². The summed E-state index contributed by atoms with van der Waals surface area (Å²) in [4.78, 5) is 65.2. The van der Waals surface area contributed by atoms with Gasteiger partial charge in [-0.25, -0.2) is 0 Å². The minimum Gasteiger partial charge on any atom is -0.356 e. The normalized spacial score (nSPS) is 29.0. The van der Waals surface area contributed by atoms with E-state index < -0.39 is 29.4 Å². The molecule has 9 nitrogen and oxygen atoms in total. The van der Waals surface area contributed by atoms with Gasteiger partial charge in [0.25, 0.3) is 0 Å². The predicted octanol–water partition coefficient (Wildman–Crippen LogP) is 0.839. The average Bonchev–Trinajstić information content (AvgIpc) is 3.10. The number of alkyl halides is 1. The van der Waals surface area contributed by atoms with E-state index in [0.29, 0.717) is 19.5 Å². The number of ketones is 1. The Labute approximate surface area is 206 Å². The van der Waals surface area contributed by atoms with Crippen molar-refractivity contribution in [3.05, 3.63) is 0 Å². The summed E-state index contributed by atoms with van der Waals surface area (Å²) in [5.41, 5.74) is -0.666. The highest BCUT2D eigenvalue weighted by molar-refractivity contribution is 6.28. The summed E-state index contributed by atoms with van der Waals surface area (Å²) >= 11 is 5.81. The number of fused-ring (bicyclic) bond motifs is 1. The molecule has 1 saturated carbocycles. The van der Waals surface area contributed by atoms with Crippen molar-refractivity contribution in [3.8, 4) is 0 Å². The van der Waals surface area contributed by atoms with Crippen LogP contribution in [0, 0.1) is 28.6 Å². The van der Waals surface area contributed by atoms with Gasteiger partial charge in [-0.2, -0.15) is 0 Å². The fraction of sp³-hybridized carbons (Fsp3) is 0.792. The maximum Gasteiger partial charge on any atom is 0.246 e. The van der Waals surface area contributed by atoms with Crippen molar-refractivity contribution >= 4 is 41.0 Å². The van der Waals surface area contributed by atoms with E-state index in [9.17, 15) is 24.0 Å². The minimum absolute atomic E-state index is 0.0454. The number of amides is 4. The molecule has 6 atom stereocenters. The van der Waals surface area contributed by atoms with Gasteiger partial charge >= 0.3 is 0 Å². The Kier molecular flexibility index (Phi) is 7.37. The second-order valence-corrected chi connectivity index (χ2v) is 11.8. The van der Waals surface area contributed by atoms with Crippen LogP contribution in [-0.4, -0.2) is 71.4 Å². The summed E-state index contributed by atoms with van der Waals surface area (Å²) in [6, 6.07) is -2.44. The summed E-state index contributed by atoms with van der Waals surface area (Å²) in [6.07, 6.45) is 0.772. The van der Waals surface area contributed by atoms with Crippen molar-refractivity contribution in [1.29, 1.82) is 0 Å². The highest BCUT2D eigenvalue weighted by Crippen LogP contribution is 2.65. The molecule has 0 spiro atoms. The average molecular weight is 497 g/mol. The third-order valence-electron chi connectivity index (χ3n) is 7.74. The largest absolute Gasteiger partial charge is 0.356 e. The number of hydrogen-bond donors (Lipinski definition) is 3. The smallest absolute Gasteiger partial charge is 0.246 e. The molecule has 2 heterocycles. The molecule has 1 unspecified atom stereocenters. The van der Waals surface area contributed by atoms with E-state index in [1.807, 2.05) is 20.8 Å². The molecule has 0 aromatic rings. The Bertz CT molecular complexity index is 883. The van der Waals surface area contributed by atoms with Gasteiger partial charge < -0.3 is 20.9 Å². The van der Waals surface area contributed by atoms with Crippen LogP contribution in [0.1, 0.15) is 54.4 Å². The van der Waals surface area contributed by atoms with Crippen LogP contribution < -0.4 is 16.0 Å². The van der Waals surface area contributed by atoms with Crippen LogP contribution in [0.25, 0.3) is 0 Å². The van der Waals surface area contributed by atoms with Crippen LogP contribution in [0.15, 0.2) is 0 Å². The number of halogens is 1. The van der Waals surface area contributed by atoms with Crippen LogP contribution in [0.4, 0.5) is 0 Å². The number of carbonyl (C=O) groups is 5. The second-order valence-electron chi connectivity index (χ2n) is 11.6. The maximum absolute atomic E-state index is 13.6. The molecule has 0 bridgehead atoms. The topological polar surface area (TPSA) is 125 Å². The highest BCUT2D eigenvalue weighted by Gasteiger charge is 2.69. The van der Waals surface area contributed by atoms with Gasteiger partial charge in [0.1, 0.15) is 12.1 Å². The molecule has 3 fully saturated rings. The van der Waals surface area contributed by atoms with Crippen molar-refractivity contribution in [2.24, 2.45) is 28.6 Å². The summed E-state index contributed by atoms with van der Waals surface area (Å²) in [7, 11) is 0. The third kappa shape index (κ3) is 5.09. The monoisotopic (exact) mass is 496 g/mol. The lowest BCUT2D eigenvalue weighted by Crippen LogP contribution is -2.60. The molecule has 34 heavy (non-hydrogen) atoms. The summed E-state index contributed by atoms with van der Waals surface area (Å²) in [5.74, 6) is -2.06. The van der Waals surface area contributed by atoms with Crippen LogP contribution in [0.2, 0.25) is 0 Å². The van der Waals surface area contributed by atoms with Crippen LogP contribution in [0.5, 0.6) is 0 Å². The Morgan fingerprint density at radius 1 is 1.21 bits per heavy atom. The summed E-state index contributed by atoms with van der Waals surface area (Å²) < 4.78 is 0. The number of hydrogen-bond acceptors (Lipinski definition) is 5. The third-order valence-corrected chi connectivity index (χ3v) is 8.00. The SMILES string of the molecule is CC(=O)NC(C(=O)N1C[C@H]2[C@@H]([C@H]1C(=O)N[C@@H](C[C@@H]1CCNC1=O)C(=O)CCl)C2(C)C)C(C)(C)C. The van der Waals surface area contributed by atoms with Gasteiger partial charge in [-0.05, 0) is 35.5 Å². The number of rotatable bonds is 8.